The van der Waals surface area contributed by atoms with Gasteiger partial charge in [0, 0.05) is 12.4 Å². The first-order valence-corrected chi connectivity index (χ1v) is 8.17. The van der Waals surface area contributed by atoms with E-state index in [-0.39, 0.29) is 16.5 Å². The number of aryl methyl sites for hydroxylation is 1. The van der Waals surface area contributed by atoms with Crippen LogP contribution in [0.25, 0.3) is 5.82 Å². The number of alkyl halides is 3. The van der Waals surface area contributed by atoms with Crippen LogP contribution in [-0.4, -0.2) is 15.5 Å². The van der Waals surface area contributed by atoms with Gasteiger partial charge in [0.25, 0.3) is 5.91 Å². The number of anilines is 1. The van der Waals surface area contributed by atoms with Crippen molar-refractivity contribution in [3.8, 4) is 5.82 Å². The molecule has 0 aliphatic carbocycles. The molecule has 27 heavy (non-hydrogen) atoms. The summed E-state index contributed by atoms with van der Waals surface area (Å²) in [5.41, 5.74) is 6.20. The van der Waals surface area contributed by atoms with E-state index in [0.29, 0.717) is 6.20 Å². The number of benzene rings is 1. The van der Waals surface area contributed by atoms with Gasteiger partial charge in [-0.15, -0.1) is 0 Å². The smallest absolute Gasteiger partial charge is 0.298 e. The zero-order chi connectivity index (χ0) is 19.6. The minimum Gasteiger partial charge on any atom is -0.298 e. The highest BCUT2D eigenvalue weighted by atomic mass is 35.5. The molecule has 0 saturated carbocycles. The van der Waals surface area contributed by atoms with Crippen LogP contribution in [0.15, 0.2) is 54.9 Å². The normalized spacial score (nSPS) is 11.3. The van der Waals surface area contributed by atoms with Crippen LogP contribution >= 0.6 is 11.6 Å². The van der Waals surface area contributed by atoms with Crippen LogP contribution in [0.3, 0.4) is 0 Å². The van der Waals surface area contributed by atoms with E-state index in [0.717, 1.165) is 17.3 Å². The third-order valence-electron chi connectivity index (χ3n) is 3.81. The predicted octanol–water partition coefficient (Wildman–Crippen LogP) is 4.61. The molecule has 1 aromatic carbocycles. The lowest BCUT2D eigenvalue weighted by atomic mass is 10.2. The topological polar surface area (TPSA) is 58.9 Å². The van der Waals surface area contributed by atoms with Crippen LogP contribution in [0.4, 0.5) is 18.9 Å². The molecule has 0 spiro atoms. The van der Waals surface area contributed by atoms with Gasteiger partial charge in [0.2, 0.25) is 0 Å². The number of para-hydroxylation sites is 1. The fourth-order valence-corrected chi connectivity index (χ4v) is 2.67. The Balaban J connectivity index is 1.84. The summed E-state index contributed by atoms with van der Waals surface area (Å²) in [7, 11) is 0. The summed E-state index contributed by atoms with van der Waals surface area (Å²) < 4.78 is 39.6. The average Bonchev–Trinajstić information content (AvgIpc) is 3.09. The Kier molecular flexibility index (Phi) is 5.09. The Morgan fingerprint density at radius 3 is 2.59 bits per heavy atom. The SMILES string of the molecule is Cc1ccccc1NNC(=O)c1cccn1-c1ncc(C(F)(F)F)cc1Cl. The van der Waals surface area contributed by atoms with E-state index < -0.39 is 17.6 Å². The van der Waals surface area contributed by atoms with Crippen LogP contribution in [0.1, 0.15) is 21.6 Å². The molecule has 2 heterocycles. The monoisotopic (exact) mass is 394 g/mol. The summed E-state index contributed by atoms with van der Waals surface area (Å²) in [6, 6.07) is 11.2. The highest BCUT2D eigenvalue weighted by Crippen LogP contribution is 2.32. The summed E-state index contributed by atoms with van der Waals surface area (Å²) in [5.74, 6) is -0.475. The summed E-state index contributed by atoms with van der Waals surface area (Å²) in [5, 5.41) is -0.220. The maximum Gasteiger partial charge on any atom is 0.417 e. The number of hydrazine groups is 1. The van der Waals surface area contributed by atoms with Crippen molar-refractivity contribution in [1.29, 1.82) is 0 Å². The van der Waals surface area contributed by atoms with Crippen LogP contribution in [0.5, 0.6) is 0 Å². The Hall–Kier alpha value is -3.00. The molecule has 5 nitrogen and oxygen atoms in total. The Bertz CT molecular complexity index is 985. The quantitative estimate of drug-likeness (QED) is 0.635. The number of nitrogens with zero attached hydrogens (tertiary/aromatic N) is 2. The third-order valence-corrected chi connectivity index (χ3v) is 4.09. The zero-order valence-electron chi connectivity index (χ0n) is 14.0. The van der Waals surface area contributed by atoms with Gasteiger partial charge in [-0.25, -0.2) is 4.98 Å². The first-order valence-electron chi connectivity index (χ1n) is 7.80. The maximum atomic E-state index is 12.8. The maximum absolute atomic E-state index is 12.8. The highest BCUT2D eigenvalue weighted by Gasteiger charge is 2.32. The van der Waals surface area contributed by atoms with Gasteiger partial charge < -0.3 is 0 Å². The second kappa shape index (κ2) is 7.32. The lowest BCUT2D eigenvalue weighted by Gasteiger charge is -2.14. The van der Waals surface area contributed by atoms with Gasteiger partial charge in [-0.2, -0.15) is 13.2 Å². The molecule has 9 heteroatoms. The summed E-state index contributed by atoms with van der Waals surface area (Å²) in [4.78, 5) is 16.2. The molecule has 0 unspecified atom stereocenters. The van der Waals surface area contributed by atoms with Gasteiger partial charge in [0.1, 0.15) is 5.69 Å². The Morgan fingerprint density at radius 1 is 1.19 bits per heavy atom. The van der Waals surface area contributed by atoms with E-state index in [9.17, 15) is 18.0 Å². The van der Waals surface area contributed by atoms with E-state index in [4.69, 9.17) is 11.6 Å². The number of carbonyl (C=O) groups is 1. The molecule has 2 N–H and O–H groups in total. The van der Waals surface area contributed by atoms with E-state index >= 15 is 0 Å². The largest absolute Gasteiger partial charge is 0.417 e. The summed E-state index contributed by atoms with van der Waals surface area (Å²) in [6.45, 7) is 1.88. The molecule has 0 aliphatic heterocycles. The van der Waals surface area contributed by atoms with Crippen molar-refractivity contribution in [1.82, 2.24) is 15.0 Å². The molecule has 3 rings (SSSR count). The molecule has 3 aromatic rings. The van der Waals surface area contributed by atoms with Crippen molar-refractivity contribution in [3.63, 3.8) is 0 Å². The average molecular weight is 395 g/mol. The van der Waals surface area contributed by atoms with Gasteiger partial charge in [-0.1, -0.05) is 29.8 Å². The summed E-state index contributed by atoms with van der Waals surface area (Å²) >= 11 is 5.97. The number of amides is 1. The van der Waals surface area contributed by atoms with Gasteiger partial charge in [-0.05, 0) is 36.8 Å². The lowest BCUT2D eigenvalue weighted by Crippen LogP contribution is -2.31. The fraction of sp³-hybridized carbons (Fsp3) is 0.111. The third kappa shape index (κ3) is 4.06. The number of nitrogens with one attached hydrogen (secondary N) is 2. The van der Waals surface area contributed by atoms with Crippen molar-refractivity contribution >= 4 is 23.2 Å². The second-order valence-corrected chi connectivity index (χ2v) is 6.09. The van der Waals surface area contributed by atoms with Crippen molar-refractivity contribution < 1.29 is 18.0 Å². The second-order valence-electron chi connectivity index (χ2n) is 5.68. The van der Waals surface area contributed by atoms with Gasteiger partial charge in [0.05, 0.1) is 16.3 Å². The van der Waals surface area contributed by atoms with Crippen molar-refractivity contribution in [3.05, 3.63) is 76.7 Å². The van der Waals surface area contributed by atoms with Gasteiger partial charge >= 0.3 is 6.18 Å². The number of aromatic nitrogens is 2. The summed E-state index contributed by atoms with van der Waals surface area (Å²) in [6.07, 6.45) is -2.39. The number of rotatable bonds is 4. The molecular formula is C18H14ClF3N4O. The highest BCUT2D eigenvalue weighted by molar-refractivity contribution is 6.32. The van der Waals surface area contributed by atoms with E-state index in [1.54, 1.807) is 12.1 Å². The Labute approximate surface area is 157 Å². The minimum atomic E-state index is -4.55. The standard InChI is InChI=1S/C18H14ClF3N4O/c1-11-5-2-3-6-14(11)24-25-17(27)15-7-4-8-26(15)16-13(19)9-12(10-23-16)18(20,21)22/h2-10,24H,1H3,(H,25,27). The number of pyridine rings is 1. The molecule has 0 aliphatic rings. The van der Waals surface area contributed by atoms with Crippen LogP contribution < -0.4 is 10.9 Å². The van der Waals surface area contributed by atoms with E-state index in [2.05, 4.69) is 15.8 Å². The molecule has 1 amide bonds. The molecule has 0 bridgehead atoms. The molecule has 0 atom stereocenters. The van der Waals surface area contributed by atoms with E-state index in [1.807, 2.05) is 25.1 Å². The van der Waals surface area contributed by atoms with Crippen molar-refractivity contribution in [2.75, 3.05) is 5.43 Å². The Morgan fingerprint density at radius 2 is 1.93 bits per heavy atom. The van der Waals surface area contributed by atoms with Crippen LogP contribution in [0.2, 0.25) is 5.02 Å². The molecule has 0 fully saturated rings. The van der Waals surface area contributed by atoms with Gasteiger partial charge in [0.15, 0.2) is 5.82 Å². The number of carbonyl (C=O) groups excluding carboxylic acids is 1. The first-order chi connectivity index (χ1) is 12.8. The van der Waals surface area contributed by atoms with Crippen LogP contribution in [-0.2, 0) is 6.18 Å². The van der Waals surface area contributed by atoms with Crippen molar-refractivity contribution in [2.24, 2.45) is 0 Å². The fourth-order valence-electron chi connectivity index (χ4n) is 2.41. The minimum absolute atomic E-state index is 0.0238. The number of hydrogen-bond acceptors (Lipinski definition) is 3. The number of hydrogen-bond donors (Lipinski definition) is 2. The van der Waals surface area contributed by atoms with Crippen LogP contribution in [0, 0.1) is 6.92 Å². The molecule has 140 valence electrons. The zero-order valence-corrected chi connectivity index (χ0v) is 14.8. The van der Waals surface area contributed by atoms with E-state index in [1.165, 1.54) is 16.8 Å². The predicted molar refractivity (Wildman–Crippen MR) is 95.8 cm³/mol. The lowest BCUT2D eigenvalue weighted by molar-refractivity contribution is -0.137. The first kappa shape index (κ1) is 18.8. The molecule has 0 saturated heterocycles. The molecule has 2 aromatic heterocycles. The molecular weight excluding hydrogens is 381 g/mol. The van der Waals surface area contributed by atoms with Crippen molar-refractivity contribution in [2.45, 2.75) is 13.1 Å². The number of halogens is 4. The van der Waals surface area contributed by atoms with Gasteiger partial charge in [-0.3, -0.25) is 20.2 Å². The molecule has 0 radical (unpaired) electrons.